The average molecular weight is 250 g/mol. The molecule has 0 aromatic carbocycles. The average Bonchev–Trinajstić information content (AvgIpc) is 2.71. The Bertz CT molecular complexity index is 424. The molecular weight excluding hydrogens is 228 g/mol. The molecule has 1 aliphatic heterocycles. The minimum atomic E-state index is -0.0977. The van der Waals surface area contributed by atoms with Gasteiger partial charge in [-0.3, -0.25) is 9.48 Å². The Morgan fingerprint density at radius 2 is 2.44 bits per heavy atom. The number of hydrogen-bond acceptors (Lipinski definition) is 3. The van der Waals surface area contributed by atoms with Gasteiger partial charge in [0.15, 0.2) is 0 Å². The van der Waals surface area contributed by atoms with E-state index in [4.69, 9.17) is 0 Å². The molecular formula is C13H22N4O. The van der Waals surface area contributed by atoms with E-state index < -0.39 is 0 Å². The van der Waals surface area contributed by atoms with Crippen molar-refractivity contribution in [3.63, 3.8) is 0 Å². The molecule has 0 aliphatic carbocycles. The molecule has 2 rings (SSSR count). The van der Waals surface area contributed by atoms with Crippen molar-refractivity contribution in [1.29, 1.82) is 0 Å². The van der Waals surface area contributed by atoms with E-state index >= 15 is 0 Å². The van der Waals surface area contributed by atoms with Gasteiger partial charge in [0.1, 0.15) is 0 Å². The summed E-state index contributed by atoms with van der Waals surface area (Å²) >= 11 is 0. The van der Waals surface area contributed by atoms with Crippen LogP contribution in [0.15, 0.2) is 12.3 Å². The number of carbonyl (C=O) groups is 1. The maximum absolute atomic E-state index is 12.2. The van der Waals surface area contributed by atoms with Crippen molar-refractivity contribution in [2.24, 2.45) is 12.5 Å². The van der Waals surface area contributed by atoms with Gasteiger partial charge in [0.25, 0.3) is 0 Å². The van der Waals surface area contributed by atoms with Gasteiger partial charge in [0.05, 0.1) is 18.3 Å². The van der Waals surface area contributed by atoms with E-state index in [0.717, 1.165) is 25.1 Å². The highest BCUT2D eigenvalue weighted by Gasteiger charge is 2.36. The number of amides is 1. The largest absolute Gasteiger partial charge is 0.349 e. The number of aromatic nitrogens is 2. The van der Waals surface area contributed by atoms with Crippen molar-refractivity contribution in [2.45, 2.75) is 39.3 Å². The number of nitrogens with one attached hydrogen (secondary N) is 2. The summed E-state index contributed by atoms with van der Waals surface area (Å²) in [5.74, 6) is 0.0842. The molecule has 1 unspecified atom stereocenters. The van der Waals surface area contributed by atoms with E-state index in [1.807, 2.05) is 13.1 Å². The molecule has 1 atom stereocenters. The topological polar surface area (TPSA) is 59.0 Å². The smallest absolute Gasteiger partial charge is 0.238 e. The van der Waals surface area contributed by atoms with E-state index in [0.29, 0.717) is 6.54 Å². The molecule has 0 saturated carbocycles. The molecule has 1 fully saturated rings. The molecule has 1 aromatic heterocycles. The van der Waals surface area contributed by atoms with Crippen LogP contribution in [0.5, 0.6) is 0 Å². The monoisotopic (exact) mass is 250 g/mol. The Balaban J connectivity index is 1.93. The number of rotatable bonds is 3. The Morgan fingerprint density at radius 3 is 3.06 bits per heavy atom. The molecule has 1 saturated heterocycles. The van der Waals surface area contributed by atoms with Crippen LogP contribution in [0.1, 0.15) is 32.4 Å². The summed E-state index contributed by atoms with van der Waals surface area (Å²) in [7, 11) is 1.88. The Labute approximate surface area is 108 Å². The third-order valence-electron chi connectivity index (χ3n) is 3.76. The predicted molar refractivity (Wildman–Crippen MR) is 69.9 cm³/mol. The van der Waals surface area contributed by atoms with Gasteiger partial charge in [0.2, 0.25) is 5.91 Å². The summed E-state index contributed by atoms with van der Waals surface area (Å²) in [5, 5.41) is 10.4. The van der Waals surface area contributed by atoms with Crippen molar-refractivity contribution in [3.05, 3.63) is 18.0 Å². The fourth-order valence-corrected chi connectivity index (χ4v) is 2.51. The van der Waals surface area contributed by atoms with Crippen molar-refractivity contribution >= 4 is 5.91 Å². The Morgan fingerprint density at radius 1 is 1.67 bits per heavy atom. The molecule has 1 aliphatic rings. The first-order chi connectivity index (χ1) is 8.50. The van der Waals surface area contributed by atoms with Crippen LogP contribution in [0.4, 0.5) is 0 Å². The Kier molecular flexibility index (Phi) is 3.71. The van der Waals surface area contributed by atoms with Gasteiger partial charge in [-0.1, -0.05) is 13.8 Å². The highest BCUT2D eigenvalue weighted by Crippen LogP contribution is 2.30. The normalized spacial score (nSPS) is 22.7. The first-order valence-corrected chi connectivity index (χ1v) is 6.49. The molecule has 100 valence electrons. The molecule has 0 spiro atoms. The maximum Gasteiger partial charge on any atom is 0.238 e. The van der Waals surface area contributed by atoms with Crippen LogP contribution < -0.4 is 10.6 Å². The molecule has 2 N–H and O–H groups in total. The molecule has 0 bridgehead atoms. The minimum absolute atomic E-state index is 0.0226. The van der Waals surface area contributed by atoms with Gasteiger partial charge in [-0.25, -0.2) is 0 Å². The van der Waals surface area contributed by atoms with Gasteiger partial charge in [0, 0.05) is 13.2 Å². The highest BCUT2D eigenvalue weighted by molar-refractivity contribution is 5.82. The lowest BCUT2D eigenvalue weighted by atomic mass is 9.77. The SMILES string of the molecule is Cn1nccc1CNC(=O)C1NCCCC1(C)C. The van der Waals surface area contributed by atoms with Crippen LogP contribution in [0.25, 0.3) is 0 Å². The molecule has 5 nitrogen and oxygen atoms in total. The Hall–Kier alpha value is -1.36. The van der Waals surface area contributed by atoms with Gasteiger partial charge in [-0.2, -0.15) is 5.10 Å². The second-order valence-electron chi connectivity index (χ2n) is 5.64. The molecule has 1 amide bonds. The number of carbonyl (C=O) groups excluding carboxylic acids is 1. The predicted octanol–water partition coefficient (Wildman–Crippen LogP) is 0.814. The number of hydrogen-bond donors (Lipinski definition) is 2. The fraction of sp³-hybridized carbons (Fsp3) is 0.692. The molecule has 0 radical (unpaired) electrons. The second-order valence-corrected chi connectivity index (χ2v) is 5.64. The quantitative estimate of drug-likeness (QED) is 0.835. The molecule has 5 heteroatoms. The van der Waals surface area contributed by atoms with Gasteiger partial charge in [-0.15, -0.1) is 0 Å². The summed E-state index contributed by atoms with van der Waals surface area (Å²) < 4.78 is 1.78. The van der Waals surface area contributed by atoms with Crippen molar-refractivity contribution < 1.29 is 4.79 Å². The second kappa shape index (κ2) is 5.10. The maximum atomic E-state index is 12.2. The first-order valence-electron chi connectivity index (χ1n) is 6.49. The van der Waals surface area contributed by atoms with E-state index in [1.54, 1.807) is 10.9 Å². The van der Waals surface area contributed by atoms with Crippen LogP contribution in [0, 0.1) is 5.41 Å². The lowest BCUT2D eigenvalue weighted by Gasteiger charge is -2.38. The summed E-state index contributed by atoms with van der Waals surface area (Å²) in [6, 6.07) is 1.82. The van der Waals surface area contributed by atoms with E-state index in [9.17, 15) is 4.79 Å². The minimum Gasteiger partial charge on any atom is -0.349 e. The molecule has 1 aromatic rings. The van der Waals surface area contributed by atoms with E-state index in [2.05, 4.69) is 29.6 Å². The zero-order valence-electron chi connectivity index (χ0n) is 11.4. The highest BCUT2D eigenvalue weighted by atomic mass is 16.2. The van der Waals surface area contributed by atoms with Crippen LogP contribution in [0.3, 0.4) is 0 Å². The van der Waals surface area contributed by atoms with E-state index in [1.165, 1.54) is 0 Å². The summed E-state index contributed by atoms with van der Waals surface area (Å²) in [5.41, 5.74) is 1.03. The van der Waals surface area contributed by atoms with Crippen LogP contribution in [-0.2, 0) is 18.4 Å². The number of nitrogens with zero attached hydrogens (tertiary/aromatic N) is 2. The van der Waals surface area contributed by atoms with Crippen molar-refractivity contribution in [1.82, 2.24) is 20.4 Å². The molecule has 18 heavy (non-hydrogen) atoms. The van der Waals surface area contributed by atoms with Gasteiger partial charge < -0.3 is 10.6 Å². The lowest BCUT2D eigenvalue weighted by Crippen LogP contribution is -2.55. The fourth-order valence-electron chi connectivity index (χ4n) is 2.51. The zero-order chi connectivity index (χ0) is 13.2. The van der Waals surface area contributed by atoms with Gasteiger partial charge >= 0.3 is 0 Å². The van der Waals surface area contributed by atoms with Crippen molar-refractivity contribution in [2.75, 3.05) is 6.54 Å². The number of piperidine rings is 1. The van der Waals surface area contributed by atoms with Crippen LogP contribution >= 0.6 is 0 Å². The zero-order valence-corrected chi connectivity index (χ0v) is 11.4. The van der Waals surface area contributed by atoms with Crippen molar-refractivity contribution in [3.8, 4) is 0 Å². The number of aryl methyl sites for hydroxylation is 1. The van der Waals surface area contributed by atoms with Crippen LogP contribution in [0.2, 0.25) is 0 Å². The van der Waals surface area contributed by atoms with E-state index in [-0.39, 0.29) is 17.4 Å². The summed E-state index contributed by atoms with van der Waals surface area (Å²) in [4.78, 5) is 12.2. The standard InChI is InChI=1S/C13H22N4O/c1-13(2)6-4-7-14-11(13)12(18)15-9-10-5-8-16-17(10)3/h5,8,11,14H,4,6-7,9H2,1-3H3,(H,15,18). The summed E-state index contributed by atoms with van der Waals surface area (Å²) in [6.07, 6.45) is 3.96. The third-order valence-corrected chi connectivity index (χ3v) is 3.76. The lowest BCUT2D eigenvalue weighted by molar-refractivity contribution is -0.127. The first kappa shape index (κ1) is 13.1. The summed E-state index contributed by atoms with van der Waals surface area (Å²) in [6.45, 7) is 5.75. The van der Waals surface area contributed by atoms with Crippen LogP contribution in [-0.4, -0.2) is 28.3 Å². The third kappa shape index (κ3) is 2.72. The van der Waals surface area contributed by atoms with Gasteiger partial charge in [-0.05, 0) is 30.9 Å². The molecule has 2 heterocycles.